The van der Waals surface area contributed by atoms with Crippen molar-refractivity contribution in [2.75, 3.05) is 11.5 Å². The van der Waals surface area contributed by atoms with Gasteiger partial charge in [-0.1, -0.05) is 13.0 Å². The summed E-state index contributed by atoms with van der Waals surface area (Å²) < 4.78 is 50.4. The van der Waals surface area contributed by atoms with Crippen LogP contribution in [-0.2, 0) is 6.18 Å². The molecule has 1 nitrogen and oxygen atoms in total. The van der Waals surface area contributed by atoms with Crippen molar-refractivity contribution in [3.63, 3.8) is 0 Å². The maximum atomic E-state index is 13.0. The minimum atomic E-state index is -4.68. The van der Waals surface area contributed by atoms with Gasteiger partial charge in [-0.25, -0.2) is 4.39 Å². The van der Waals surface area contributed by atoms with Crippen molar-refractivity contribution < 1.29 is 17.6 Å². The average molecular weight is 267 g/mol. The van der Waals surface area contributed by atoms with Crippen LogP contribution < -0.4 is 5.73 Å². The van der Waals surface area contributed by atoms with E-state index in [9.17, 15) is 17.6 Å². The number of alkyl halides is 3. The second-order valence-corrected chi connectivity index (χ2v) is 4.82. The molecule has 0 saturated carbocycles. The van der Waals surface area contributed by atoms with Crippen LogP contribution >= 0.6 is 11.8 Å². The van der Waals surface area contributed by atoms with E-state index in [0.717, 1.165) is 17.9 Å². The van der Waals surface area contributed by atoms with E-state index in [4.69, 9.17) is 5.73 Å². The van der Waals surface area contributed by atoms with Crippen LogP contribution in [0.15, 0.2) is 18.2 Å². The molecule has 17 heavy (non-hydrogen) atoms. The van der Waals surface area contributed by atoms with Crippen LogP contribution in [0.1, 0.15) is 24.1 Å². The molecule has 0 amide bonds. The Labute approximate surface area is 101 Å². The molecule has 1 aromatic carbocycles. The Morgan fingerprint density at radius 1 is 1.35 bits per heavy atom. The van der Waals surface area contributed by atoms with Crippen LogP contribution in [0.5, 0.6) is 0 Å². The Bertz CT molecular complexity index is 378. The van der Waals surface area contributed by atoms with Crippen LogP contribution in [0.2, 0.25) is 0 Å². The van der Waals surface area contributed by atoms with Gasteiger partial charge >= 0.3 is 6.18 Å². The van der Waals surface area contributed by atoms with Gasteiger partial charge in [-0.2, -0.15) is 24.9 Å². The van der Waals surface area contributed by atoms with Gasteiger partial charge < -0.3 is 5.73 Å². The molecule has 1 rings (SSSR count). The van der Waals surface area contributed by atoms with Gasteiger partial charge in [0.25, 0.3) is 0 Å². The molecule has 0 fully saturated rings. The summed E-state index contributed by atoms with van der Waals surface area (Å²) in [6, 6.07) is 2.39. The van der Waals surface area contributed by atoms with Crippen molar-refractivity contribution in [1.82, 2.24) is 0 Å². The first-order valence-corrected chi connectivity index (χ1v) is 6.21. The monoisotopic (exact) mass is 267 g/mol. The highest BCUT2D eigenvalue weighted by Crippen LogP contribution is 2.33. The number of rotatable bonds is 4. The first-order chi connectivity index (χ1) is 7.86. The van der Waals surface area contributed by atoms with Crippen LogP contribution in [0.25, 0.3) is 0 Å². The third-order valence-electron chi connectivity index (χ3n) is 2.23. The summed E-state index contributed by atoms with van der Waals surface area (Å²) in [6.07, 6.45) is -4.68. The Morgan fingerprint density at radius 3 is 2.53 bits per heavy atom. The predicted octanol–water partition coefficient (Wildman–Crippen LogP) is 3.60. The lowest BCUT2D eigenvalue weighted by atomic mass is 10.0. The minimum Gasteiger partial charge on any atom is -0.323 e. The van der Waals surface area contributed by atoms with E-state index < -0.39 is 23.6 Å². The third kappa shape index (κ3) is 3.89. The Morgan fingerprint density at radius 2 is 2.00 bits per heavy atom. The highest BCUT2D eigenvalue weighted by Gasteiger charge is 2.34. The zero-order chi connectivity index (χ0) is 13.1. The number of hydrogen-bond acceptors (Lipinski definition) is 2. The van der Waals surface area contributed by atoms with Crippen molar-refractivity contribution in [1.29, 1.82) is 0 Å². The molecule has 0 radical (unpaired) electrons. The van der Waals surface area contributed by atoms with Crippen LogP contribution in [0.4, 0.5) is 17.6 Å². The number of nitrogens with two attached hydrogens (primary N) is 1. The van der Waals surface area contributed by atoms with E-state index >= 15 is 0 Å². The summed E-state index contributed by atoms with van der Waals surface area (Å²) in [7, 11) is 0. The number of halogens is 4. The van der Waals surface area contributed by atoms with Gasteiger partial charge in [-0.15, -0.1) is 0 Å². The molecule has 2 N–H and O–H groups in total. The summed E-state index contributed by atoms with van der Waals surface area (Å²) in [4.78, 5) is 0. The maximum Gasteiger partial charge on any atom is 0.419 e. The van der Waals surface area contributed by atoms with Crippen molar-refractivity contribution in [3.05, 3.63) is 35.1 Å². The molecule has 0 aliphatic carbocycles. The molecule has 0 aliphatic rings. The van der Waals surface area contributed by atoms with Crippen LogP contribution in [0.3, 0.4) is 0 Å². The van der Waals surface area contributed by atoms with Gasteiger partial charge in [0, 0.05) is 11.8 Å². The molecular formula is C11H13F4NS. The van der Waals surface area contributed by atoms with E-state index in [1.807, 2.05) is 6.92 Å². The van der Waals surface area contributed by atoms with Crippen molar-refractivity contribution in [2.24, 2.45) is 5.73 Å². The van der Waals surface area contributed by atoms with Crippen molar-refractivity contribution in [3.8, 4) is 0 Å². The summed E-state index contributed by atoms with van der Waals surface area (Å²) in [6.45, 7) is 1.93. The quantitative estimate of drug-likeness (QED) is 0.843. The highest BCUT2D eigenvalue weighted by molar-refractivity contribution is 7.99. The summed E-state index contributed by atoms with van der Waals surface area (Å²) in [5.74, 6) is 0.0806. The lowest BCUT2D eigenvalue weighted by molar-refractivity contribution is -0.140. The zero-order valence-corrected chi connectivity index (χ0v) is 10.0. The van der Waals surface area contributed by atoms with Crippen LogP contribution in [0, 0.1) is 5.82 Å². The molecule has 6 heteroatoms. The average Bonchev–Trinajstić information content (AvgIpc) is 2.25. The van der Waals surface area contributed by atoms with E-state index in [0.29, 0.717) is 11.3 Å². The summed E-state index contributed by atoms with van der Waals surface area (Å²) in [5.41, 5.74) is 4.78. The standard InChI is InChI=1S/C11H13F4NS/c1-2-17-6-10(16)7-3-4-9(12)8(5-7)11(13,14)15/h3-5,10H,2,6,16H2,1H3. The van der Waals surface area contributed by atoms with Crippen molar-refractivity contribution >= 4 is 11.8 Å². The van der Waals surface area contributed by atoms with Gasteiger partial charge in [0.2, 0.25) is 0 Å². The molecule has 0 saturated heterocycles. The lowest BCUT2D eigenvalue weighted by Crippen LogP contribution is -2.16. The predicted molar refractivity (Wildman–Crippen MR) is 61.3 cm³/mol. The van der Waals surface area contributed by atoms with Gasteiger partial charge in [0.05, 0.1) is 5.56 Å². The molecule has 0 aromatic heterocycles. The van der Waals surface area contributed by atoms with E-state index in [1.54, 1.807) is 0 Å². The SMILES string of the molecule is CCSCC(N)c1ccc(F)c(C(F)(F)F)c1. The number of hydrogen-bond donors (Lipinski definition) is 1. The Hall–Kier alpha value is -0.750. The molecule has 1 atom stereocenters. The second-order valence-electron chi connectivity index (χ2n) is 3.50. The smallest absolute Gasteiger partial charge is 0.323 e. The van der Waals surface area contributed by atoms with E-state index in [2.05, 4.69) is 0 Å². The zero-order valence-electron chi connectivity index (χ0n) is 9.22. The minimum absolute atomic E-state index is 0.305. The highest BCUT2D eigenvalue weighted by atomic mass is 32.2. The van der Waals surface area contributed by atoms with Gasteiger partial charge in [0.1, 0.15) is 5.82 Å². The molecule has 0 spiro atoms. The molecule has 96 valence electrons. The molecule has 0 heterocycles. The third-order valence-corrected chi connectivity index (χ3v) is 3.23. The fraction of sp³-hybridized carbons (Fsp3) is 0.455. The molecular weight excluding hydrogens is 254 g/mol. The van der Waals surface area contributed by atoms with Crippen molar-refractivity contribution in [2.45, 2.75) is 19.1 Å². The largest absolute Gasteiger partial charge is 0.419 e. The molecule has 0 aliphatic heterocycles. The van der Waals surface area contributed by atoms with E-state index in [-0.39, 0.29) is 0 Å². The normalized spacial score (nSPS) is 13.8. The second kappa shape index (κ2) is 5.73. The summed E-state index contributed by atoms with van der Waals surface area (Å²) >= 11 is 1.53. The van der Waals surface area contributed by atoms with Crippen LogP contribution in [-0.4, -0.2) is 11.5 Å². The van der Waals surface area contributed by atoms with Gasteiger partial charge in [-0.05, 0) is 23.4 Å². The first kappa shape index (κ1) is 14.3. The Kier molecular flexibility index (Phi) is 4.82. The number of benzene rings is 1. The van der Waals surface area contributed by atoms with Gasteiger partial charge in [0.15, 0.2) is 0 Å². The fourth-order valence-electron chi connectivity index (χ4n) is 1.33. The number of thioether (sulfide) groups is 1. The maximum absolute atomic E-state index is 13.0. The lowest BCUT2D eigenvalue weighted by Gasteiger charge is -2.14. The fourth-order valence-corrected chi connectivity index (χ4v) is 2.01. The molecule has 1 unspecified atom stereocenters. The summed E-state index contributed by atoms with van der Waals surface area (Å²) in [5, 5.41) is 0. The molecule has 1 aromatic rings. The topological polar surface area (TPSA) is 26.0 Å². The molecule has 0 bridgehead atoms. The van der Waals surface area contributed by atoms with E-state index in [1.165, 1.54) is 17.8 Å². The Balaban J connectivity index is 2.96. The van der Waals surface area contributed by atoms with Gasteiger partial charge in [-0.3, -0.25) is 0 Å². The first-order valence-electron chi connectivity index (χ1n) is 5.06.